The van der Waals surface area contributed by atoms with Crippen molar-refractivity contribution in [3.8, 4) is 11.1 Å². The van der Waals surface area contributed by atoms with E-state index >= 15 is 0 Å². The molecule has 1 atom stereocenters. The van der Waals surface area contributed by atoms with Crippen LogP contribution in [0.15, 0.2) is 146 Å². The van der Waals surface area contributed by atoms with Gasteiger partial charge < -0.3 is 9.80 Å². The Morgan fingerprint density at radius 2 is 1.41 bits per heavy atom. The Kier molecular flexibility index (Phi) is 7.90. The number of para-hydroxylation sites is 1. The summed E-state index contributed by atoms with van der Waals surface area (Å²) in [6.45, 7) is 7.39. The normalized spacial score (nSPS) is 16.3. The Labute approximate surface area is 262 Å². The van der Waals surface area contributed by atoms with Gasteiger partial charge in [0.05, 0.1) is 6.04 Å². The molecule has 7 rings (SSSR count). The van der Waals surface area contributed by atoms with Crippen molar-refractivity contribution in [3.05, 3.63) is 174 Å². The minimum Gasteiger partial charge on any atom is -0.337 e. The Morgan fingerprint density at radius 3 is 2.07 bits per heavy atom. The highest BCUT2D eigenvalue weighted by Crippen LogP contribution is 2.50. The first-order chi connectivity index (χ1) is 21.7. The van der Waals surface area contributed by atoms with E-state index in [0.29, 0.717) is 6.04 Å². The molecule has 3 aliphatic carbocycles. The third kappa shape index (κ3) is 5.26. The van der Waals surface area contributed by atoms with Crippen LogP contribution in [0.3, 0.4) is 0 Å². The number of hydrogen-bond acceptors (Lipinski definition) is 2. The molecule has 2 heteroatoms. The van der Waals surface area contributed by atoms with Crippen LogP contribution in [0.4, 0.5) is 17.1 Å². The summed E-state index contributed by atoms with van der Waals surface area (Å²) < 4.78 is 0. The molecule has 0 saturated heterocycles. The monoisotopic (exact) mass is 572 g/mol. The van der Waals surface area contributed by atoms with Crippen LogP contribution in [0.25, 0.3) is 11.1 Å². The molecule has 0 fully saturated rings. The molecule has 218 valence electrons. The van der Waals surface area contributed by atoms with Crippen LogP contribution in [0.2, 0.25) is 0 Å². The van der Waals surface area contributed by atoms with Gasteiger partial charge in [0.25, 0.3) is 0 Å². The van der Waals surface area contributed by atoms with Crippen LogP contribution in [-0.2, 0) is 32.2 Å². The maximum atomic E-state index is 4.56. The van der Waals surface area contributed by atoms with E-state index in [4.69, 9.17) is 0 Å². The summed E-state index contributed by atoms with van der Waals surface area (Å²) in [7, 11) is 0. The average Bonchev–Trinajstić information content (AvgIpc) is 3.08. The van der Waals surface area contributed by atoms with Crippen molar-refractivity contribution in [2.45, 2.75) is 51.6 Å². The number of aryl methyl sites for hydroxylation is 2. The molecule has 44 heavy (non-hydrogen) atoms. The number of nitrogens with zero attached hydrogens (tertiary/aromatic N) is 2. The highest BCUT2D eigenvalue weighted by molar-refractivity contribution is 5.89. The first-order valence-corrected chi connectivity index (χ1v) is 16.0. The Hall–Kier alpha value is -4.82. The van der Waals surface area contributed by atoms with Gasteiger partial charge in [-0.05, 0) is 108 Å². The second-order valence-corrected chi connectivity index (χ2v) is 12.0. The SMILES string of the molecule is C=C(/C=C\C=C/C)N(Cc1ccccc1)c1ccc2c3c1CCc1ccc(N(c4ccccc4)C4C=CC=CC4)c(c1-3)CC2. The van der Waals surface area contributed by atoms with E-state index < -0.39 is 0 Å². The quantitative estimate of drug-likeness (QED) is 0.184. The van der Waals surface area contributed by atoms with Crippen LogP contribution in [0.1, 0.15) is 41.2 Å². The molecular formula is C42H40N2. The highest BCUT2D eigenvalue weighted by atomic mass is 15.2. The predicted molar refractivity (Wildman–Crippen MR) is 188 cm³/mol. The topological polar surface area (TPSA) is 6.48 Å². The van der Waals surface area contributed by atoms with Gasteiger partial charge in [-0.25, -0.2) is 0 Å². The van der Waals surface area contributed by atoms with Crippen molar-refractivity contribution in [2.75, 3.05) is 9.80 Å². The zero-order valence-electron chi connectivity index (χ0n) is 25.6. The second kappa shape index (κ2) is 12.4. The van der Waals surface area contributed by atoms with E-state index in [9.17, 15) is 0 Å². The van der Waals surface area contributed by atoms with Crippen LogP contribution in [0.5, 0.6) is 0 Å². The summed E-state index contributed by atoms with van der Waals surface area (Å²) in [6.07, 6.45) is 22.6. The molecular weight excluding hydrogens is 532 g/mol. The minimum absolute atomic E-state index is 0.293. The summed E-state index contributed by atoms with van der Waals surface area (Å²) in [4.78, 5) is 5.00. The van der Waals surface area contributed by atoms with Gasteiger partial charge in [0, 0.05) is 29.3 Å². The molecule has 3 aliphatic rings. The van der Waals surface area contributed by atoms with Crippen molar-refractivity contribution in [2.24, 2.45) is 0 Å². The average molecular weight is 573 g/mol. The van der Waals surface area contributed by atoms with E-state index in [1.54, 1.807) is 0 Å². The second-order valence-electron chi connectivity index (χ2n) is 12.0. The van der Waals surface area contributed by atoms with E-state index in [1.807, 2.05) is 6.92 Å². The molecule has 4 aromatic carbocycles. The first kappa shape index (κ1) is 28.0. The van der Waals surface area contributed by atoms with Crippen LogP contribution in [0, 0.1) is 0 Å². The lowest BCUT2D eigenvalue weighted by atomic mass is 9.74. The van der Waals surface area contributed by atoms with E-state index in [2.05, 4.69) is 150 Å². The number of anilines is 3. The zero-order chi connectivity index (χ0) is 29.9. The zero-order valence-corrected chi connectivity index (χ0v) is 25.6. The van der Waals surface area contributed by atoms with Crippen LogP contribution < -0.4 is 9.80 Å². The van der Waals surface area contributed by atoms with Gasteiger partial charge in [-0.15, -0.1) is 0 Å². The Morgan fingerprint density at radius 1 is 0.750 bits per heavy atom. The molecule has 0 saturated carbocycles. The van der Waals surface area contributed by atoms with Gasteiger partial charge >= 0.3 is 0 Å². The lowest BCUT2D eigenvalue weighted by molar-refractivity contribution is 0.774. The van der Waals surface area contributed by atoms with Crippen LogP contribution in [-0.4, -0.2) is 6.04 Å². The van der Waals surface area contributed by atoms with E-state index in [-0.39, 0.29) is 0 Å². The van der Waals surface area contributed by atoms with Gasteiger partial charge in [-0.3, -0.25) is 0 Å². The minimum atomic E-state index is 0.293. The first-order valence-electron chi connectivity index (χ1n) is 16.0. The lowest BCUT2D eigenvalue weighted by Crippen LogP contribution is -2.31. The molecule has 0 amide bonds. The van der Waals surface area contributed by atoms with Gasteiger partial charge in [0.2, 0.25) is 0 Å². The largest absolute Gasteiger partial charge is 0.337 e. The summed E-state index contributed by atoms with van der Waals surface area (Å²) >= 11 is 0. The molecule has 4 aromatic rings. The molecule has 0 radical (unpaired) electrons. The smallest absolute Gasteiger partial charge is 0.0559 e. The van der Waals surface area contributed by atoms with Crippen molar-refractivity contribution >= 4 is 17.1 Å². The van der Waals surface area contributed by atoms with Crippen molar-refractivity contribution in [1.82, 2.24) is 0 Å². The third-order valence-corrected chi connectivity index (χ3v) is 9.28. The molecule has 0 bridgehead atoms. The highest BCUT2D eigenvalue weighted by Gasteiger charge is 2.32. The van der Waals surface area contributed by atoms with Gasteiger partial charge in [0.1, 0.15) is 0 Å². The summed E-state index contributed by atoms with van der Waals surface area (Å²) in [5.41, 5.74) is 15.1. The van der Waals surface area contributed by atoms with E-state index in [1.165, 1.54) is 56.0 Å². The maximum Gasteiger partial charge on any atom is 0.0559 e. The summed E-state index contributed by atoms with van der Waals surface area (Å²) in [5.74, 6) is 0. The molecule has 1 unspecified atom stereocenters. The van der Waals surface area contributed by atoms with E-state index in [0.717, 1.165) is 44.3 Å². The summed E-state index contributed by atoms with van der Waals surface area (Å²) in [5, 5.41) is 0. The molecule has 0 N–H and O–H groups in total. The van der Waals surface area contributed by atoms with Gasteiger partial charge in [-0.2, -0.15) is 0 Å². The number of benzene rings is 4. The molecule has 0 spiro atoms. The molecule has 0 aliphatic heterocycles. The fourth-order valence-electron chi connectivity index (χ4n) is 7.25. The summed E-state index contributed by atoms with van der Waals surface area (Å²) in [6, 6.07) is 31.6. The molecule has 0 aromatic heterocycles. The Bertz CT molecular complexity index is 1790. The third-order valence-electron chi connectivity index (χ3n) is 9.28. The maximum absolute atomic E-state index is 4.56. The Balaban J connectivity index is 1.37. The van der Waals surface area contributed by atoms with Crippen molar-refractivity contribution < 1.29 is 0 Å². The lowest BCUT2D eigenvalue weighted by Gasteiger charge is -2.39. The number of hydrogen-bond donors (Lipinski definition) is 0. The standard InChI is InChI=1S/C42H40N2/c1-3-4-8-15-31(2)43(30-32-16-9-5-10-17-32)39-28-24-33-23-27-38-40(29-25-34-22-26-37(39)41(33)42(34)38)44(35-18-11-6-12-19-35)36-20-13-7-14-21-36/h3-20,24-25,28-29,36H,2,21-23,26-27,30H2,1H3/b4-3-,15-8-. The number of rotatable bonds is 9. The predicted octanol–water partition coefficient (Wildman–Crippen LogP) is 10.2. The molecule has 0 heterocycles. The fraction of sp³-hybridized carbons (Fsp3) is 0.190. The molecule has 2 nitrogen and oxygen atoms in total. The van der Waals surface area contributed by atoms with Crippen LogP contribution >= 0.6 is 0 Å². The van der Waals surface area contributed by atoms with Crippen molar-refractivity contribution in [3.63, 3.8) is 0 Å². The van der Waals surface area contributed by atoms with Crippen molar-refractivity contribution in [1.29, 1.82) is 0 Å². The van der Waals surface area contributed by atoms with Gasteiger partial charge in [0.15, 0.2) is 0 Å². The fourth-order valence-corrected chi connectivity index (χ4v) is 7.25. The van der Waals surface area contributed by atoms with Gasteiger partial charge in [-0.1, -0.05) is 110 Å². The number of allylic oxidation sites excluding steroid dienone is 6.